The maximum atomic E-state index is 9.38. The lowest BCUT2D eigenvalue weighted by Gasteiger charge is -2.20. The number of rotatable bonds is 2. The second-order valence-corrected chi connectivity index (χ2v) is 2.84. The van der Waals surface area contributed by atoms with Gasteiger partial charge in [0.15, 0.2) is 0 Å². The summed E-state index contributed by atoms with van der Waals surface area (Å²) in [6.45, 7) is 1.60. The van der Waals surface area contributed by atoms with E-state index in [9.17, 15) is 5.11 Å². The Kier molecular flexibility index (Phi) is 1.24. The van der Waals surface area contributed by atoms with Gasteiger partial charge in [-0.25, -0.2) is 0 Å². The molecule has 52 valence electrons. The molecule has 0 aromatic carbocycles. The molecule has 0 saturated heterocycles. The van der Waals surface area contributed by atoms with Gasteiger partial charge in [-0.1, -0.05) is 0 Å². The lowest BCUT2D eigenvalue weighted by Crippen LogP contribution is -2.42. The third-order valence-electron chi connectivity index (χ3n) is 1.92. The summed E-state index contributed by atoms with van der Waals surface area (Å²) < 4.78 is 0. The average Bonchev–Trinajstić information content (AvgIpc) is 2.42. The van der Waals surface area contributed by atoms with Crippen molar-refractivity contribution in [3.8, 4) is 0 Å². The summed E-state index contributed by atoms with van der Waals surface area (Å²) in [5.41, 5.74) is 4.12. The number of amidine groups is 1. The molecule has 1 saturated carbocycles. The molecule has 0 aromatic rings. The molecule has 0 bridgehead atoms. The molecule has 0 radical (unpaired) electrons. The van der Waals surface area contributed by atoms with Crippen molar-refractivity contribution in [3.05, 3.63) is 0 Å². The van der Waals surface area contributed by atoms with Crippen LogP contribution >= 0.6 is 0 Å². The molecule has 1 unspecified atom stereocenters. The zero-order valence-corrected chi connectivity index (χ0v) is 5.52. The molecule has 1 aliphatic rings. The van der Waals surface area contributed by atoms with Gasteiger partial charge in [0.25, 0.3) is 0 Å². The second kappa shape index (κ2) is 1.70. The van der Waals surface area contributed by atoms with Crippen LogP contribution in [-0.4, -0.2) is 16.5 Å². The van der Waals surface area contributed by atoms with E-state index in [0.29, 0.717) is 0 Å². The van der Waals surface area contributed by atoms with Gasteiger partial charge in [0.05, 0.1) is 0 Å². The monoisotopic (exact) mass is 128 g/mol. The third kappa shape index (κ3) is 1.05. The molecule has 9 heavy (non-hydrogen) atoms. The van der Waals surface area contributed by atoms with Crippen molar-refractivity contribution in [2.45, 2.75) is 25.4 Å². The number of hydrogen-bond acceptors (Lipinski definition) is 2. The van der Waals surface area contributed by atoms with Crippen molar-refractivity contribution in [1.29, 1.82) is 5.41 Å². The van der Waals surface area contributed by atoms with Gasteiger partial charge in [-0.3, -0.25) is 5.41 Å². The first-order chi connectivity index (χ1) is 4.05. The Balaban J connectivity index is 2.59. The van der Waals surface area contributed by atoms with Crippen molar-refractivity contribution < 1.29 is 5.11 Å². The minimum Gasteiger partial charge on any atom is -0.385 e. The quantitative estimate of drug-likeness (QED) is 0.364. The van der Waals surface area contributed by atoms with Crippen LogP contribution in [0.4, 0.5) is 0 Å². The van der Waals surface area contributed by atoms with Crippen LogP contribution in [-0.2, 0) is 0 Å². The van der Waals surface area contributed by atoms with E-state index < -0.39 is 5.60 Å². The second-order valence-electron chi connectivity index (χ2n) is 2.84. The predicted molar refractivity (Wildman–Crippen MR) is 35.3 cm³/mol. The standard InChI is InChI=1S/C6H12N2O/c1-6(9,5(7)8)4-2-3-4/h4,9H,2-3H2,1H3,(H3,7,8). The lowest BCUT2D eigenvalue weighted by atomic mass is 10.00. The van der Waals surface area contributed by atoms with Crippen LogP contribution in [0.5, 0.6) is 0 Å². The Labute approximate surface area is 54.4 Å². The van der Waals surface area contributed by atoms with Gasteiger partial charge < -0.3 is 10.8 Å². The van der Waals surface area contributed by atoms with Gasteiger partial charge in [0.2, 0.25) is 0 Å². The van der Waals surface area contributed by atoms with E-state index in [0.717, 1.165) is 12.8 Å². The molecule has 0 amide bonds. The predicted octanol–water partition coefficient (Wildman–Crippen LogP) is 0.0834. The Hall–Kier alpha value is -0.570. The first kappa shape index (κ1) is 6.55. The lowest BCUT2D eigenvalue weighted by molar-refractivity contribution is 0.106. The molecule has 0 aromatic heterocycles. The minimum atomic E-state index is -1.03. The molecular weight excluding hydrogens is 116 g/mol. The van der Waals surface area contributed by atoms with E-state index in [4.69, 9.17) is 11.1 Å². The number of hydrogen-bond donors (Lipinski definition) is 3. The number of nitrogens with one attached hydrogen (secondary N) is 1. The van der Waals surface area contributed by atoms with Crippen LogP contribution in [0.1, 0.15) is 19.8 Å². The first-order valence-corrected chi connectivity index (χ1v) is 3.12. The Morgan fingerprint density at radius 3 is 2.33 bits per heavy atom. The number of nitrogens with two attached hydrogens (primary N) is 1. The van der Waals surface area contributed by atoms with Gasteiger partial charge in [0, 0.05) is 0 Å². The summed E-state index contributed by atoms with van der Waals surface area (Å²) in [4.78, 5) is 0. The Bertz CT molecular complexity index is 138. The van der Waals surface area contributed by atoms with Crippen molar-refractivity contribution in [3.63, 3.8) is 0 Å². The summed E-state index contributed by atoms with van der Waals surface area (Å²) >= 11 is 0. The molecule has 1 rings (SSSR count). The van der Waals surface area contributed by atoms with Crippen LogP contribution < -0.4 is 5.73 Å². The van der Waals surface area contributed by atoms with Gasteiger partial charge in [-0.2, -0.15) is 0 Å². The van der Waals surface area contributed by atoms with Gasteiger partial charge in [0.1, 0.15) is 11.4 Å². The Morgan fingerprint density at radius 1 is 1.78 bits per heavy atom. The van der Waals surface area contributed by atoms with Crippen LogP contribution in [0.3, 0.4) is 0 Å². The first-order valence-electron chi connectivity index (χ1n) is 3.12. The highest BCUT2D eigenvalue weighted by Gasteiger charge is 2.42. The fourth-order valence-electron chi connectivity index (χ4n) is 0.865. The summed E-state index contributed by atoms with van der Waals surface area (Å²) in [6, 6.07) is 0. The van der Waals surface area contributed by atoms with E-state index in [1.165, 1.54) is 0 Å². The molecule has 0 spiro atoms. The van der Waals surface area contributed by atoms with Crippen molar-refractivity contribution >= 4 is 5.84 Å². The van der Waals surface area contributed by atoms with E-state index in [2.05, 4.69) is 0 Å². The highest BCUT2D eigenvalue weighted by atomic mass is 16.3. The summed E-state index contributed by atoms with van der Waals surface area (Å²) in [6.07, 6.45) is 2.01. The molecule has 1 aliphatic carbocycles. The number of aliphatic hydroxyl groups is 1. The van der Waals surface area contributed by atoms with Crippen molar-refractivity contribution in [1.82, 2.24) is 0 Å². The van der Waals surface area contributed by atoms with E-state index in [-0.39, 0.29) is 11.8 Å². The fraction of sp³-hybridized carbons (Fsp3) is 0.833. The van der Waals surface area contributed by atoms with Crippen LogP contribution in [0, 0.1) is 11.3 Å². The third-order valence-corrected chi connectivity index (χ3v) is 1.92. The van der Waals surface area contributed by atoms with E-state index in [1.807, 2.05) is 0 Å². The zero-order chi connectivity index (χ0) is 7.07. The van der Waals surface area contributed by atoms with Crippen LogP contribution in [0.25, 0.3) is 0 Å². The fourth-order valence-corrected chi connectivity index (χ4v) is 0.865. The van der Waals surface area contributed by atoms with Crippen molar-refractivity contribution in [2.24, 2.45) is 11.7 Å². The molecule has 0 aliphatic heterocycles. The normalized spacial score (nSPS) is 25.1. The van der Waals surface area contributed by atoms with Crippen LogP contribution in [0.15, 0.2) is 0 Å². The largest absolute Gasteiger partial charge is 0.385 e. The summed E-state index contributed by atoms with van der Waals surface area (Å²) in [5, 5.41) is 16.4. The van der Waals surface area contributed by atoms with Gasteiger partial charge >= 0.3 is 0 Å². The van der Waals surface area contributed by atoms with Gasteiger partial charge in [-0.15, -0.1) is 0 Å². The highest BCUT2D eigenvalue weighted by molar-refractivity contribution is 5.86. The molecule has 1 fully saturated rings. The average molecular weight is 128 g/mol. The molecule has 4 N–H and O–H groups in total. The summed E-state index contributed by atoms with van der Waals surface area (Å²) in [5.74, 6) is 0.139. The van der Waals surface area contributed by atoms with Crippen molar-refractivity contribution in [2.75, 3.05) is 0 Å². The smallest absolute Gasteiger partial charge is 0.123 e. The topological polar surface area (TPSA) is 70.1 Å². The molecule has 0 heterocycles. The zero-order valence-electron chi connectivity index (χ0n) is 5.52. The summed E-state index contributed by atoms with van der Waals surface area (Å²) in [7, 11) is 0. The molecule has 1 atom stereocenters. The molecule has 3 heteroatoms. The van der Waals surface area contributed by atoms with Crippen LogP contribution in [0.2, 0.25) is 0 Å². The Morgan fingerprint density at radius 2 is 2.22 bits per heavy atom. The van der Waals surface area contributed by atoms with E-state index >= 15 is 0 Å². The molecular formula is C6H12N2O. The maximum Gasteiger partial charge on any atom is 0.123 e. The minimum absolute atomic E-state index is 0.106. The highest BCUT2D eigenvalue weighted by Crippen LogP contribution is 2.39. The maximum absolute atomic E-state index is 9.38. The SMILES string of the molecule is CC(O)(C(=N)N)C1CC1. The molecule has 3 nitrogen and oxygen atoms in total. The van der Waals surface area contributed by atoms with Gasteiger partial charge in [-0.05, 0) is 25.7 Å². The van der Waals surface area contributed by atoms with E-state index in [1.54, 1.807) is 6.92 Å².